The summed E-state index contributed by atoms with van der Waals surface area (Å²) in [6, 6.07) is 0. The number of carbonyl (C=O) groups is 1. The van der Waals surface area contributed by atoms with E-state index in [1.54, 1.807) is 0 Å². The lowest BCUT2D eigenvalue weighted by Crippen LogP contribution is -2.58. The van der Waals surface area contributed by atoms with Gasteiger partial charge in [0.15, 0.2) is 0 Å². The van der Waals surface area contributed by atoms with Crippen molar-refractivity contribution in [1.29, 1.82) is 0 Å². The number of rotatable bonds is 1. The van der Waals surface area contributed by atoms with Crippen molar-refractivity contribution in [1.82, 2.24) is 0 Å². The molecule has 0 N–H and O–H groups in total. The van der Waals surface area contributed by atoms with Gasteiger partial charge in [0.2, 0.25) is 0 Å². The molecule has 2 aliphatic carbocycles. The zero-order valence-electron chi connectivity index (χ0n) is 13.7. The average molecular weight is 272 g/mol. The maximum atomic E-state index is 12.4. The molecule has 0 aromatic heterocycles. The molecule has 0 aromatic rings. The summed E-state index contributed by atoms with van der Waals surface area (Å²) < 4.78 is 0. The van der Waals surface area contributed by atoms with Crippen molar-refractivity contribution in [3.8, 4) is 11.8 Å². The molecule has 0 radical (unpaired) electrons. The molecule has 2 rings (SSSR count). The van der Waals surface area contributed by atoms with Crippen molar-refractivity contribution >= 4 is 5.78 Å². The van der Waals surface area contributed by atoms with Gasteiger partial charge in [-0.1, -0.05) is 37.3 Å². The summed E-state index contributed by atoms with van der Waals surface area (Å²) in [5.41, 5.74) is 1.03. The molecule has 0 aliphatic heterocycles. The molecular formula is C19H28O. The van der Waals surface area contributed by atoms with Gasteiger partial charge in [-0.25, -0.2) is 0 Å². The highest BCUT2D eigenvalue weighted by Crippen LogP contribution is 2.67. The Balaban J connectivity index is 2.49. The number of allylic oxidation sites excluding steroid dienone is 1. The second-order valence-corrected chi connectivity index (χ2v) is 8.01. The standard InChI is InChI=1S/C19H28O/c1-14(2)18(6)13-15-16(20)9-7-8-10-19(15,18)12-11-17(3,4)5/h15H,1,7-10,13H2,2-6H3/t15-,18+,19+/m0/s1. The predicted octanol–water partition coefficient (Wildman–Crippen LogP) is 4.77. The Morgan fingerprint density at radius 2 is 2.00 bits per heavy atom. The van der Waals surface area contributed by atoms with Crippen molar-refractivity contribution < 1.29 is 4.79 Å². The Labute approximate surface area is 124 Å². The lowest BCUT2D eigenvalue weighted by atomic mass is 9.41. The van der Waals surface area contributed by atoms with E-state index in [1.165, 1.54) is 5.57 Å². The van der Waals surface area contributed by atoms with Crippen LogP contribution >= 0.6 is 0 Å². The van der Waals surface area contributed by atoms with Crippen LogP contribution in [0.3, 0.4) is 0 Å². The summed E-state index contributed by atoms with van der Waals surface area (Å²) in [7, 11) is 0. The number of fused-ring (bicyclic) bond motifs is 1. The maximum Gasteiger partial charge on any atom is 0.137 e. The van der Waals surface area contributed by atoms with Crippen LogP contribution in [0.4, 0.5) is 0 Å². The van der Waals surface area contributed by atoms with Gasteiger partial charge in [-0.15, -0.1) is 0 Å². The van der Waals surface area contributed by atoms with E-state index in [-0.39, 0.29) is 22.2 Å². The molecule has 1 nitrogen and oxygen atoms in total. The smallest absolute Gasteiger partial charge is 0.137 e. The summed E-state index contributed by atoms with van der Waals surface area (Å²) in [6.07, 6.45) is 4.89. The van der Waals surface area contributed by atoms with E-state index in [0.717, 1.165) is 32.1 Å². The van der Waals surface area contributed by atoms with E-state index in [1.807, 2.05) is 0 Å². The van der Waals surface area contributed by atoms with Crippen LogP contribution in [-0.4, -0.2) is 5.78 Å². The third-order valence-electron chi connectivity index (χ3n) is 5.43. The molecule has 20 heavy (non-hydrogen) atoms. The second kappa shape index (κ2) is 4.76. The van der Waals surface area contributed by atoms with Crippen molar-refractivity contribution in [2.75, 3.05) is 0 Å². The van der Waals surface area contributed by atoms with E-state index in [0.29, 0.717) is 5.78 Å². The SMILES string of the molecule is C=C(C)[C@@]1(C)C[C@H]2C(=O)CCCC[C@@]21C#CC(C)(C)C. The summed E-state index contributed by atoms with van der Waals surface area (Å²) in [5, 5.41) is 0. The van der Waals surface area contributed by atoms with Gasteiger partial charge in [-0.3, -0.25) is 4.79 Å². The normalized spacial score (nSPS) is 37.0. The van der Waals surface area contributed by atoms with Crippen LogP contribution in [0.5, 0.6) is 0 Å². The molecule has 2 saturated carbocycles. The van der Waals surface area contributed by atoms with Gasteiger partial charge in [0.05, 0.1) is 5.41 Å². The van der Waals surface area contributed by atoms with Crippen molar-refractivity contribution in [3.05, 3.63) is 12.2 Å². The molecular weight excluding hydrogens is 244 g/mol. The van der Waals surface area contributed by atoms with E-state index in [4.69, 9.17) is 0 Å². The van der Waals surface area contributed by atoms with Gasteiger partial charge in [0.25, 0.3) is 0 Å². The average Bonchev–Trinajstić information content (AvgIpc) is 2.44. The topological polar surface area (TPSA) is 17.1 Å². The molecule has 2 fully saturated rings. The van der Waals surface area contributed by atoms with Crippen LogP contribution in [0.2, 0.25) is 0 Å². The van der Waals surface area contributed by atoms with Gasteiger partial charge in [0, 0.05) is 23.2 Å². The number of hydrogen-bond donors (Lipinski definition) is 0. The van der Waals surface area contributed by atoms with Crippen LogP contribution < -0.4 is 0 Å². The number of hydrogen-bond acceptors (Lipinski definition) is 1. The van der Waals surface area contributed by atoms with Crippen molar-refractivity contribution in [2.24, 2.45) is 22.2 Å². The summed E-state index contributed by atoms with van der Waals surface area (Å²) in [5.74, 6) is 7.59. The second-order valence-electron chi connectivity index (χ2n) is 8.01. The Hall–Kier alpha value is -1.03. The van der Waals surface area contributed by atoms with Gasteiger partial charge in [0.1, 0.15) is 5.78 Å². The Morgan fingerprint density at radius 1 is 1.35 bits per heavy atom. The molecule has 1 heteroatoms. The Kier molecular flexibility index (Phi) is 3.66. The predicted molar refractivity (Wildman–Crippen MR) is 84.2 cm³/mol. The van der Waals surface area contributed by atoms with Crippen LogP contribution in [0.15, 0.2) is 12.2 Å². The highest BCUT2D eigenvalue weighted by molar-refractivity contribution is 5.84. The highest BCUT2D eigenvalue weighted by atomic mass is 16.1. The Morgan fingerprint density at radius 3 is 2.55 bits per heavy atom. The van der Waals surface area contributed by atoms with Crippen LogP contribution in [0.1, 0.15) is 66.7 Å². The largest absolute Gasteiger partial charge is 0.299 e. The minimum atomic E-state index is -0.153. The fourth-order valence-corrected chi connectivity index (χ4v) is 3.88. The molecule has 2 aliphatic rings. The zero-order valence-corrected chi connectivity index (χ0v) is 13.7. The fraction of sp³-hybridized carbons (Fsp3) is 0.737. The molecule has 0 unspecified atom stereocenters. The lowest BCUT2D eigenvalue weighted by molar-refractivity contribution is -0.142. The molecule has 0 saturated heterocycles. The maximum absolute atomic E-state index is 12.4. The quantitative estimate of drug-likeness (QED) is 0.496. The van der Waals surface area contributed by atoms with Crippen LogP contribution in [0, 0.1) is 34.0 Å². The first kappa shape index (κ1) is 15.4. The van der Waals surface area contributed by atoms with Crippen molar-refractivity contribution in [3.63, 3.8) is 0 Å². The highest BCUT2D eigenvalue weighted by Gasteiger charge is 2.64. The van der Waals surface area contributed by atoms with Gasteiger partial charge in [-0.2, -0.15) is 0 Å². The summed E-state index contributed by atoms with van der Waals surface area (Å²) in [6.45, 7) is 15.0. The fourth-order valence-electron chi connectivity index (χ4n) is 3.88. The molecule has 0 amide bonds. The minimum absolute atomic E-state index is 0.00984. The Bertz CT molecular complexity index is 496. The van der Waals surface area contributed by atoms with Gasteiger partial charge in [-0.05, 0) is 47.0 Å². The summed E-state index contributed by atoms with van der Waals surface area (Å²) in [4.78, 5) is 12.4. The number of ketones is 1. The molecule has 110 valence electrons. The third-order valence-corrected chi connectivity index (χ3v) is 5.43. The molecule has 0 spiro atoms. The third kappa shape index (κ3) is 2.24. The monoisotopic (exact) mass is 272 g/mol. The van der Waals surface area contributed by atoms with Crippen molar-refractivity contribution in [2.45, 2.75) is 66.7 Å². The van der Waals surface area contributed by atoms with E-state index >= 15 is 0 Å². The minimum Gasteiger partial charge on any atom is -0.299 e. The molecule has 3 atom stereocenters. The first-order valence-corrected chi connectivity index (χ1v) is 7.85. The van der Waals surface area contributed by atoms with Gasteiger partial charge < -0.3 is 0 Å². The summed E-state index contributed by atoms with van der Waals surface area (Å²) >= 11 is 0. The zero-order chi connectivity index (χ0) is 15.2. The van der Waals surface area contributed by atoms with E-state index in [9.17, 15) is 4.79 Å². The molecule has 0 heterocycles. The molecule has 0 bridgehead atoms. The first-order valence-electron chi connectivity index (χ1n) is 7.85. The van der Waals surface area contributed by atoms with Crippen LogP contribution in [0.25, 0.3) is 0 Å². The van der Waals surface area contributed by atoms with E-state index < -0.39 is 0 Å². The first-order chi connectivity index (χ1) is 9.12. The number of Topliss-reactive ketones (excluding diaryl/α,β-unsaturated/α-hetero) is 1. The van der Waals surface area contributed by atoms with Crippen LogP contribution in [-0.2, 0) is 4.79 Å². The van der Waals surface area contributed by atoms with Gasteiger partial charge >= 0.3 is 0 Å². The number of carbonyl (C=O) groups excluding carboxylic acids is 1. The lowest BCUT2D eigenvalue weighted by Gasteiger charge is -2.60. The molecule has 0 aromatic carbocycles. The van der Waals surface area contributed by atoms with E-state index in [2.05, 4.69) is 53.0 Å².